The Bertz CT molecular complexity index is 648. The van der Waals surface area contributed by atoms with Crippen molar-refractivity contribution >= 4 is 23.4 Å². The molecule has 20 heavy (non-hydrogen) atoms. The highest BCUT2D eigenvalue weighted by atomic mass is 19.1. The maximum Gasteiger partial charge on any atom is 0.337 e. The van der Waals surface area contributed by atoms with Gasteiger partial charge in [-0.1, -0.05) is 0 Å². The van der Waals surface area contributed by atoms with Gasteiger partial charge in [0.05, 0.1) is 29.3 Å². The molecule has 102 valence electrons. The van der Waals surface area contributed by atoms with Crippen LogP contribution in [-0.4, -0.2) is 27.1 Å². The number of carbonyl (C=O) groups is 2. The van der Waals surface area contributed by atoms with Crippen LogP contribution in [-0.2, 0) is 0 Å². The van der Waals surface area contributed by atoms with Gasteiger partial charge in [0, 0.05) is 0 Å². The van der Waals surface area contributed by atoms with Gasteiger partial charge in [0.15, 0.2) is 0 Å². The minimum absolute atomic E-state index is 0.0201. The van der Waals surface area contributed by atoms with Crippen molar-refractivity contribution in [2.75, 3.05) is 10.6 Å². The van der Waals surface area contributed by atoms with E-state index in [0.717, 1.165) is 12.1 Å². The van der Waals surface area contributed by atoms with E-state index < -0.39 is 17.8 Å². The first-order valence-corrected chi connectivity index (χ1v) is 5.42. The van der Waals surface area contributed by atoms with Gasteiger partial charge in [-0.25, -0.2) is 23.9 Å². The lowest BCUT2D eigenvalue weighted by molar-refractivity contribution is 0.0697. The lowest BCUT2D eigenvalue weighted by Gasteiger charge is -2.09. The second-order valence-electron chi connectivity index (χ2n) is 3.70. The summed E-state index contributed by atoms with van der Waals surface area (Å²) in [6.07, 6.45) is 4.04. The van der Waals surface area contributed by atoms with Crippen molar-refractivity contribution in [1.82, 2.24) is 9.97 Å². The second kappa shape index (κ2) is 5.74. The Labute approximate surface area is 112 Å². The molecular formula is C12H9FN4O3. The average Bonchev–Trinajstić information content (AvgIpc) is 2.41. The molecule has 1 heterocycles. The monoisotopic (exact) mass is 276 g/mol. The number of carboxylic acids is 1. The number of halogens is 1. The van der Waals surface area contributed by atoms with Crippen molar-refractivity contribution in [3.8, 4) is 0 Å². The third-order valence-electron chi connectivity index (χ3n) is 2.28. The van der Waals surface area contributed by atoms with E-state index in [2.05, 4.69) is 20.6 Å². The summed E-state index contributed by atoms with van der Waals surface area (Å²) in [6.45, 7) is 0. The summed E-state index contributed by atoms with van der Waals surface area (Å²) in [5, 5.41) is 13.7. The fourth-order valence-corrected chi connectivity index (χ4v) is 1.45. The van der Waals surface area contributed by atoms with Crippen LogP contribution in [0.4, 0.5) is 20.6 Å². The number of urea groups is 1. The molecule has 3 N–H and O–H groups in total. The highest BCUT2D eigenvalue weighted by Gasteiger charge is 2.13. The van der Waals surface area contributed by atoms with Crippen LogP contribution in [0.2, 0.25) is 0 Å². The molecule has 0 saturated heterocycles. The molecular weight excluding hydrogens is 267 g/mol. The molecule has 1 aromatic carbocycles. The van der Waals surface area contributed by atoms with E-state index in [1.54, 1.807) is 0 Å². The Morgan fingerprint density at radius 3 is 2.50 bits per heavy atom. The summed E-state index contributed by atoms with van der Waals surface area (Å²) < 4.78 is 13.0. The van der Waals surface area contributed by atoms with E-state index >= 15 is 0 Å². The second-order valence-corrected chi connectivity index (χ2v) is 3.70. The number of benzene rings is 1. The number of anilines is 2. The molecule has 0 fully saturated rings. The Morgan fingerprint density at radius 2 is 1.85 bits per heavy atom. The van der Waals surface area contributed by atoms with Crippen LogP contribution in [0.3, 0.4) is 0 Å². The number of carbonyl (C=O) groups excluding carboxylic acids is 1. The molecule has 0 atom stereocenters. The van der Waals surface area contributed by atoms with Crippen molar-refractivity contribution in [3.05, 3.63) is 48.3 Å². The molecule has 0 bridgehead atoms. The number of aromatic carboxylic acids is 1. The summed E-state index contributed by atoms with van der Waals surface area (Å²) in [5.41, 5.74) is -0.0262. The predicted octanol–water partition coefficient (Wildman–Crippen LogP) is 1.96. The van der Waals surface area contributed by atoms with Crippen LogP contribution >= 0.6 is 0 Å². The van der Waals surface area contributed by atoms with Crippen molar-refractivity contribution in [3.63, 3.8) is 0 Å². The van der Waals surface area contributed by atoms with Crippen LogP contribution in [0.15, 0.2) is 36.9 Å². The summed E-state index contributed by atoms with van der Waals surface area (Å²) in [6, 6.07) is 2.35. The first-order valence-electron chi connectivity index (χ1n) is 5.42. The molecule has 2 aromatic rings. The summed E-state index contributed by atoms with van der Waals surface area (Å²) >= 11 is 0. The van der Waals surface area contributed by atoms with Gasteiger partial charge in [-0.15, -0.1) is 0 Å². The summed E-state index contributed by atoms with van der Waals surface area (Å²) in [5.74, 6) is -2.05. The molecule has 2 amide bonds. The largest absolute Gasteiger partial charge is 0.478 e. The zero-order chi connectivity index (χ0) is 14.5. The molecule has 0 saturated carbocycles. The van der Waals surface area contributed by atoms with Crippen LogP contribution in [0, 0.1) is 5.82 Å². The number of rotatable bonds is 3. The standard InChI is InChI=1S/C12H9FN4O3/c13-7-1-2-10(9(3-7)11(18)19)17-12(20)16-8-4-14-6-15-5-8/h1-6H,(H,18,19)(H2,16,17,20). The van der Waals surface area contributed by atoms with Gasteiger partial charge in [0.25, 0.3) is 0 Å². The number of amides is 2. The minimum Gasteiger partial charge on any atom is -0.478 e. The summed E-state index contributed by atoms with van der Waals surface area (Å²) in [7, 11) is 0. The molecule has 7 nitrogen and oxygen atoms in total. The molecule has 1 aromatic heterocycles. The molecule has 0 radical (unpaired) electrons. The molecule has 2 rings (SSSR count). The summed E-state index contributed by atoms with van der Waals surface area (Å²) in [4.78, 5) is 30.0. The third-order valence-corrected chi connectivity index (χ3v) is 2.28. The molecule has 0 aliphatic rings. The fraction of sp³-hybridized carbons (Fsp3) is 0. The maximum absolute atomic E-state index is 13.0. The number of nitrogens with zero attached hydrogens (tertiary/aromatic N) is 2. The van der Waals surface area contributed by atoms with Gasteiger partial charge < -0.3 is 15.7 Å². The molecule has 0 aliphatic carbocycles. The fourth-order valence-electron chi connectivity index (χ4n) is 1.45. The molecule has 0 aliphatic heterocycles. The van der Waals surface area contributed by atoms with Gasteiger partial charge >= 0.3 is 12.0 Å². The van der Waals surface area contributed by atoms with Crippen LogP contribution in [0.5, 0.6) is 0 Å². The number of carboxylic acid groups (broad SMARTS) is 1. The van der Waals surface area contributed by atoms with Gasteiger partial charge in [-0.05, 0) is 18.2 Å². The third kappa shape index (κ3) is 3.25. The van der Waals surface area contributed by atoms with Crippen molar-refractivity contribution < 1.29 is 19.1 Å². The van der Waals surface area contributed by atoms with E-state index in [9.17, 15) is 14.0 Å². The van der Waals surface area contributed by atoms with Crippen LogP contribution in [0.1, 0.15) is 10.4 Å². The Hall–Kier alpha value is -3.03. The van der Waals surface area contributed by atoms with E-state index in [4.69, 9.17) is 5.11 Å². The minimum atomic E-state index is -1.34. The Morgan fingerprint density at radius 1 is 1.15 bits per heavy atom. The Kier molecular flexibility index (Phi) is 3.85. The van der Waals surface area contributed by atoms with E-state index in [1.165, 1.54) is 24.8 Å². The van der Waals surface area contributed by atoms with Crippen molar-refractivity contribution in [1.29, 1.82) is 0 Å². The SMILES string of the molecule is O=C(Nc1cncnc1)Nc1ccc(F)cc1C(=O)O. The van der Waals surface area contributed by atoms with Crippen molar-refractivity contribution in [2.24, 2.45) is 0 Å². The molecule has 0 spiro atoms. The van der Waals surface area contributed by atoms with Crippen LogP contribution in [0.25, 0.3) is 0 Å². The van der Waals surface area contributed by atoms with Gasteiger partial charge in [0.2, 0.25) is 0 Å². The predicted molar refractivity (Wildman–Crippen MR) is 68.0 cm³/mol. The van der Waals surface area contributed by atoms with E-state index in [0.29, 0.717) is 5.69 Å². The van der Waals surface area contributed by atoms with Gasteiger partial charge in [0.1, 0.15) is 12.1 Å². The number of hydrogen-bond acceptors (Lipinski definition) is 4. The molecule has 8 heteroatoms. The topological polar surface area (TPSA) is 104 Å². The highest BCUT2D eigenvalue weighted by molar-refractivity contribution is 6.04. The quantitative estimate of drug-likeness (QED) is 0.794. The normalized spacial score (nSPS) is 9.85. The Balaban J connectivity index is 2.14. The molecule has 0 unspecified atom stereocenters. The maximum atomic E-state index is 13.0. The van der Waals surface area contributed by atoms with Gasteiger partial charge in [-0.2, -0.15) is 0 Å². The lowest BCUT2D eigenvalue weighted by atomic mass is 10.2. The lowest BCUT2D eigenvalue weighted by Crippen LogP contribution is -2.21. The smallest absolute Gasteiger partial charge is 0.337 e. The first kappa shape index (κ1) is 13.4. The number of aromatic nitrogens is 2. The van der Waals surface area contributed by atoms with Crippen molar-refractivity contribution in [2.45, 2.75) is 0 Å². The number of nitrogens with one attached hydrogen (secondary N) is 2. The van der Waals surface area contributed by atoms with Gasteiger partial charge in [-0.3, -0.25) is 0 Å². The zero-order valence-corrected chi connectivity index (χ0v) is 10.0. The average molecular weight is 276 g/mol. The number of hydrogen-bond donors (Lipinski definition) is 3. The zero-order valence-electron chi connectivity index (χ0n) is 10.0. The van der Waals surface area contributed by atoms with Crippen LogP contribution < -0.4 is 10.6 Å². The van der Waals surface area contributed by atoms with E-state index in [-0.39, 0.29) is 11.3 Å². The van der Waals surface area contributed by atoms with E-state index in [1.807, 2.05) is 0 Å². The first-order chi connectivity index (χ1) is 9.56. The highest BCUT2D eigenvalue weighted by Crippen LogP contribution is 2.17.